The summed E-state index contributed by atoms with van der Waals surface area (Å²) < 4.78 is 43.2. The van der Waals surface area contributed by atoms with Crippen LogP contribution in [0.1, 0.15) is 56.4 Å². The van der Waals surface area contributed by atoms with Crippen molar-refractivity contribution in [3.8, 4) is 0 Å². The van der Waals surface area contributed by atoms with E-state index in [2.05, 4.69) is 15.3 Å². The molecule has 0 aliphatic carbocycles. The van der Waals surface area contributed by atoms with Crippen molar-refractivity contribution in [3.63, 3.8) is 0 Å². The SMILES string of the molecule is CC(C)(C)OC(=O)Nc1ccc(C(=O)C(C)(C)c2ccc(C(F)(F)F)cn2)nc1. The van der Waals surface area contributed by atoms with Crippen molar-refractivity contribution in [1.82, 2.24) is 9.97 Å². The Balaban J connectivity index is 2.15. The maximum Gasteiger partial charge on any atom is 0.417 e. The third-order valence-corrected chi connectivity index (χ3v) is 3.94. The summed E-state index contributed by atoms with van der Waals surface area (Å²) in [6.07, 6.45) is -3.16. The minimum Gasteiger partial charge on any atom is -0.444 e. The molecule has 0 saturated heterocycles. The number of carbonyl (C=O) groups is 2. The summed E-state index contributed by atoms with van der Waals surface area (Å²) in [6.45, 7) is 8.29. The van der Waals surface area contributed by atoms with E-state index >= 15 is 0 Å². The summed E-state index contributed by atoms with van der Waals surface area (Å²) >= 11 is 0. The molecule has 2 heterocycles. The summed E-state index contributed by atoms with van der Waals surface area (Å²) in [6, 6.07) is 4.97. The fraction of sp³-hybridized carbons (Fsp3) is 0.400. The van der Waals surface area contributed by atoms with Gasteiger partial charge in [0.2, 0.25) is 0 Å². The van der Waals surface area contributed by atoms with Crippen LogP contribution in [0.5, 0.6) is 0 Å². The second-order valence-electron chi connectivity index (χ2n) is 7.94. The first-order chi connectivity index (χ1) is 13.2. The van der Waals surface area contributed by atoms with Gasteiger partial charge in [-0.3, -0.25) is 20.1 Å². The molecule has 0 bridgehead atoms. The van der Waals surface area contributed by atoms with E-state index in [0.29, 0.717) is 11.9 Å². The van der Waals surface area contributed by atoms with E-state index in [-0.39, 0.29) is 11.4 Å². The predicted molar refractivity (Wildman–Crippen MR) is 101 cm³/mol. The van der Waals surface area contributed by atoms with Gasteiger partial charge in [-0.05, 0) is 58.9 Å². The number of halogens is 3. The van der Waals surface area contributed by atoms with Crippen LogP contribution < -0.4 is 5.32 Å². The Bertz CT molecular complexity index is 884. The second-order valence-corrected chi connectivity index (χ2v) is 7.94. The largest absolute Gasteiger partial charge is 0.444 e. The smallest absolute Gasteiger partial charge is 0.417 e. The van der Waals surface area contributed by atoms with Crippen LogP contribution in [0, 0.1) is 0 Å². The number of ether oxygens (including phenoxy) is 1. The van der Waals surface area contributed by atoms with Gasteiger partial charge in [-0.2, -0.15) is 13.2 Å². The third-order valence-electron chi connectivity index (χ3n) is 3.94. The maximum atomic E-state index is 12.8. The van der Waals surface area contributed by atoms with Gasteiger partial charge >= 0.3 is 12.3 Å². The molecule has 156 valence electrons. The molecule has 2 rings (SSSR count). The Morgan fingerprint density at radius 2 is 1.59 bits per heavy atom. The number of amides is 1. The molecule has 2 aromatic rings. The molecule has 0 aliphatic rings. The highest BCUT2D eigenvalue weighted by molar-refractivity contribution is 6.02. The van der Waals surface area contributed by atoms with E-state index in [9.17, 15) is 22.8 Å². The average Bonchev–Trinajstić information content (AvgIpc) is 2.59. The number of ketones is 1. The van der Waals surface area contributed by atoms with E-state index in [0.717, 1.165) is 6.07 Å². The van der Waals surface area contributed by atoms with Crippen molar-refractivity contribution in [3.05, 3.63) is 53.6 Å². The lowest BCUT2D eigenvalue weighted by atomic mass is 9.82. The predicted octanol–water partition coefficient (Wildman–Crippen LogP) is 5.00. The molecule has 0 saturated carbocycles. The van der Waals surface area contributed by atoms with E-state index in [1.165, 1.54) is 24.4 Å². The van der Waals surface area contributed by atoms with Crippen LogP contribution in [0.25, 0.3) is 0 Å². The molecule has 0 unspecified atom stereocenters. The topological polar surface area (TPSA) is 81.2 Å². The van der Waals surface area contributed by atoms with Gasteiger partial charge in [0.25, 0.3) is 0 Å². The molecule has 29 heavy (non-hydrogen) atoms. The quantitative estimate of drug-likeness (QED) is 0.719. The number of hydrogen-bond donors (Lipinski definition) is 1. The molecule has 0 fully saturated rings. The van der Waals surface area contributed by atoms with Gasteiger partial charge in [0.1, 0.15) is 11.3 Å². The highest BCUT2D eigenvalue weighted by Gasteiger charge is 2.35. The molecule has 1 N–H and O–H groups in total. The fourth-order valence-corrected chi connectivity index (χ4v) is 2.39. The molecule has 0 atom stereocenters. The molecule has 0 aromatic carbocycles. The molecular weight excluding hydrogens is 387 g/mol. The van der Waals surface area contributed by atoms with Crippen molar-refractivity contribution in [2.45, 2.75) is 51.8 Å². The highest BCUT2D eigenvalue weighted by atomic mass is 19.4. The van der Waals surface area contributed by atoms with Crippen molar-refractivity contribution in [2.75, 3.05) is 5.32 Å². The standard InChI is InChI=1S/C20H22F3N3O3/c1-18(2,3)29-17(28)26-13-7-8-14(24-11-13)16(27)19(4,5)15-9-6-12(10-25-15)20(21,22)23/h6-11H,1-5H3,(H,26,28). The number of pyridine rings is 2. The molecule has 0 aliphatic heterocycles. The number of rotatable bonds is 4. The normalized spacial score (nSPS) is 12.4. The van der Waals surface area contributed by atoms with Crippen LogP contribution in [-0.2, 0) is 16.3 Å². The Morgan fingerprint density at radius 1 is 0.931 bits per heavy atom. The van der Waals surface area contributed by atoms with E-state index in [4.69, 9.17) is 4.74 Å². The lowest BCUT2D eigenvalue weighted by Crippen LogP contribution is -2.31. The lowest BCUT2D eigenvalue weighted by Gasteiger charge is -2.22. The summed E-state index contributed by atoms with van der Waals surface area (Å²) in [5.74, 6) is -0.423. The fourth-order valence-electron chi connectivity index (χ4n) is 2.39. The summed E-state index contributed by atoms with van der Waals surface area (Å²) in [7, 11) is 0. The zero-order chi connectivity index (χ0) is 22.0. The first kappa shape index (κ1) is 22.3. The van der Waals surface area contributed by atoms with Gasteiger partial charge in [0, 0.05) is 6.20 Å². The maximum absolute atomic E-state index is 12.8. The molecule has 0 radical (unpaired) electrons. The Labute approximate surface area is 166 Å². The number of aromatic nitrogens is 2. The summed E-state index contributed by atoms with van der Waals surface area (Å²) in [4.78, 5) is 32.5. The van der Waals surface area contributed by atoms with Crippen molar-refractivity contribution >= 4 is 17.6 Å². The second kappa shape index (κ2) is 7.81. The van der Waals surface area contributed by atoms with Crippen LogP contribution in [0.3, 0.4) is 0 Å². The van der Waals surface area contributed by atoms with Gasteiger partial charge in [-0.15, -0.1) is 0 Å². The number of alkyl halides is 3. The molecule has 2 aromatic heterocycles. The first-order valence-electron chi connectivity index (χ1n) is 8.75. The van der Waals surface area contributed by atoms with Crippen molar-refractivity contribution in [1.29, 1.82) is 0 Å². The summed E-state index contributed by atoms with van der Waals surface area (Å²) in [5, 5.41) is 2.50. The molecule has 6 nitrogen and oxygen atoms in total. The minimum absolute atomic E-state index is 0.0893. The number of carbonyl (C=O) groups excluding carboxylic acids is 2. The van der Waals surface area contributed by atoms with Crippen molar-refractivity contribution in [2.24, 2.45) is 0 Å². The van der Waals surface area contributed by atoms with Crippen LogP contribution in [0.4, 0.5) is 23.7 Å². The van der Waals surface area contributed by atoms with Crippen LogP contribution in [0.15, 0.2) is 36.7 Å². The first-order valence-corrected chi connectivity index (χ1v) is 8.75. The monoisotopic (exact) mass is 409 g/mol. The zero-order valence-corrected chi connectivity index (χ0v) is 16.7. The number of Topliss-reactive ketones (excluding diaryl/α,β-unsaturated/α-hetero) is 1. The third kappa shape index (κ3) is 5.75. The van der Waals surface area contributed by atoms with Crippen LogP contribution in [-0.4, -0.2) is 27.4 Å². The van der Waals surface area contributed by atoms with Gasteiger partial charge in [-0.25, -0.2) is 4.79 Å². The molecule has 0 spiro atoms. The van der Waals surface area contributed by atoms with Crippen LogP contribution in [0.2, 0.25) is 0 Å². The van der Waals surface area contributed by atoms with Gasteiger partial charge < -0.3 is 4.74 Å². The van der Waals surface area contributed by atoms with Crippen LogP contribution >= 0.6 is 0 Å². The highest BCUT2D eigenvalue weighted by Crippen LogP contribution is 2.31. The number of hydrogen-bond acceptors (Lipinski definition) is 5. The lowest BCUT2D eigenvalue weighted by molar-refractivity contribution is -0.137. The number of anilines is 1. The molecular formula is C20H22F3N3O3. The number of nitrogens with one attached hydrogen (secondary N) is 1. The molecule has 1 amide bonds. The summed E-state index contributed by atoms with van der Waals surface area (Å²) in [5.41, 5.74) is -2.13. The van der Waals surface area contributed by atoms with E-state index in [1.54, 1.807) is 34.6 Å². The van der Waals surface area contributed by atoms with Crippen molar-refractivity contribution < 1.29 is 27.5 Å². The minimum atomic E-state index is -4.50. The van der Waals surface area contributed by atoms with Gasteiger partial charge in [0.05, 0.1) is 28.6 Å². The van der Waals surface area contributed by atoms with Gasteiger partial charge in [-0.1, -0.05) is 0 Å². The number of nitrogens with zero attached hydrogens (tertiary/aromatic N) is 2. The molecule has 9 heteroatoms. The van der Waals surface area contributed by atoms with E-state index in [1.807, 2.05) is 0 Å². The zero-order valence-electron chi connectivity index (χ0n) is 16.7. The van der Waals surface area contributed by atoms with Gasteiger partial charge in [0.15, 0.2) is 5.78 Å². The Kier molecular flexibility index (Phi) is 6.01. The Morgan fingerprint density at radius 3 is 2.03 bits per heavy atom. The van der Waals surface area contributed by atoms with E-state index < -0.39 is 34.6 Å². The Hall–Kier alpha value is -2.97. The average molecular weight is 409 g/mol.